The van der Waals surface area contributed by atoms with Gasteiger partial charge in [0.2, 0.25) is 0 Å². The molecule has 2 aromatic carbocycles. The zero-order chi connectivity index (χ0) is 22.3. The van der Waals surface area contributed by atoms with Gasteiger partial charge in [0, 0.05) is 17.1 Å². The fourth-order valence-corrected chi connectivity index (χ4v) is 4.04. The van der Waals surface area contributed by atoms with Crippen molar-refractivity contribution in [2.75, 3.05) is 27.8 Å². The lowest BCUT2D eigenvalue weighted by Gasteiger charge is -2.34. The summed E-state index contributed by atoms with van der Waals surface area (Å²) < 4.78 is 10.9. The molecule has 5 heteroatoms. The first-order chi connectivity index (χ1) is 14.3. The Morgan fingerprint density at radius 3 is 2.07 bits per heavy atom. The molecular weight excluding hydrogens is 398 g/mol. The summed E-state index contributed by atoms with van der Waals surface area (Å²) in [5.41, 5.74) is 1.58. The highest BCUT2D eigenvalue weighted by atomic mass is 35.5. The Kier molecular flexibility index (Phi) is 8.75. The van der Waals surface area contributed by atoms with E-state index in [1.807, 2.05) is 30.3 Å². The Morgan fingerprint density at radius 1 is 1.03 bits per heavy atom. The van der Waals surface area contributed by atoms with Crippen molar-refractivity contribution in [3.63, 3.8) is 0 Å². The van der Waals surface area contributed by atoms with Crippen molar-refractivity contribution in [1.82, 2.24) is 4.90 Å². The van der Waals surface area contributed by atoms with Crippen LogP contribution in [0.15, 0.2) is 42.5 Å². The molecule has 164 valence electrons. The molecule has 2 rings (SSSR count). The zero-order valence-corrected chi connectivity index (χ0v) is 19.7. The van der Waals surface area contributed by atoms with Gasteiger partial charge in [-0.1, -0.05) is 37.6 Å². The number of carbonyl (C=O) groups is 1. The van der Waals surface area contributed by atoms with Crippen molar-refractivity contribution in [2.24, 2.45) is 5.92 Å². The second-order valence-corrected chi connectivity index (χ2v) is 8.66. The molecule has 4 nitrogen and oxygen atoms in total. The molecule has 0 saturated carbocycles. The summed E-state index contributed by atoms with van der Waals surface area (Å²) in [5, 5.41) is 0.745. The van der Waals surface area contributed by atoms with Crippen LogP contribution in [0, 0.1) is 5.92 Å². The largest absolute Gasteiger partial charge is 0.497 e. The first kappa shape index (κ1) is 24.2. The van der Waals surface area contributed by atoms with Gasteiger partial charge in [0.15, 0.2) is 0 Å². The van der Waals surface area contributed by atoms with E-state index in [2.05, 4.69) is 44.9 Å². The first-order valence-corrected chi connectivity index (χ1v) is 10.8. The van der Waals surface area contributed by atoms with Crippen molar-refractivity contribution in [1.29, 1.82) is 0 Å². The molecule has 0 heterocycles. The van der Waals surface area contributed by atoms with Crippen LogP contribution in [0.4, 0.5) is 0 Å². The standard InChI is InChI=1S/C25H34ClNO3/c1-18(2)25(17-28,21-14-23(29-5)16-24(15-21)30-6)12-7-13-27(4)19(3)20-8-10-22(26)11-9-20/h8-11,14-19H,7,12-13H2,1-6H3. The average Bonchev–Trinajstić information content (AvgIpc) is 2.76. The van der Waals surface area contributed by atoms with Crippen molar-refractivity contribution < 1.29 is 14.3 Å². The molecule has 0 saturated heterocycles. The van der Waals surface area contributed by atoms with Gasteiger partial charge in [-0.15, -0.1) is 0 Å². The van der Waals surface area contributed by atoms with Gasteiger partial charge < -0.3 is 14.3 Å². The molecule has 0 amide bonds. The van der Waals surface area contributed by atoms with Crippen molar-refractivity contribution >= 4 is 17.9 Å². The van der Waals surface area contributed by atoms with Gasteiger partial charge in [-0.2, -0.15) is 0 Å². The average molecular weight is 432 g/mol. The molecule has 0 radical (unpaired) electrons. The van der Waals surface area contributed by atoms with E-state index in [0.29, 0.717) is 11.5 Å². The maximum atomic E-state index is 12.4. The minimum absolute atomic E-state index is 0.144. The Hall–Kier alpha value is -2.04. The highest BCUT2D eigenvalue weighted by molar-refractivity contribution is 6.30. The quantitative estimate of drug-likeness (QED) is 0.414. The van der Waals surface area contributed by atoms with Crippen LogP contribution in [0.5, 0.6) is 11.5 Å². The minimum atomic E-state index is -0.591. The van der Waals surface area contributed by atoms with E-state index < -0.39 is 5.41 Å². The summed E-state index contributed by atoms with van der Waals surface area (Å²) in [6.45, 7) is 7.26. The van der Waals surface area contributed by atoms with Crippen molar-refractivity contribution in [3.05, 3.63) is 58.6 Å². The fraction of sp³-hybridized carbons (Fsp3) is 0.480. The topological polar surface area (TPSA) is 38.8 Å². The van der Waals surface area contributed by atoms with Gasteiger partial charge >= 0.3 is 0 Å². The Morgan fingerprint density at radius 2 is 1.60 bits per heavy atom. The third-order valence-corrected chi connectivity index (χ3v) is 6.50. The van der Waals surface area contributed by atoms with Crippen LogP contribution < -0.4 is 9.47 Å². The molecule has 2 atom stereocenters. The first-order valence-electron chi connectivity index (χ1n) is 10.4. The van der Waals surface area contributed by atoms with Gasteiger partial charge in [0.25, 0.3) is 0 Å². The molecule has 0 spiro atoms. The van der Waals surface area contributed by atoms with Gasteiger partial charge in [-0.05, 0) is 74.7 Å². The van der Waals surface area contributed by atoms with Crippen LogP contribution >= 0.6 is 11.6 Å². The smallest absolute Gasteiger partial charge is 0.130 e. The number of benzene rings is 2. The van der Waals surface area contributed by atoms with E-state index in [1.54, 1.807) is 14.2 Å². The predicted molar refractivity (Wildman–Crippen MR) is 124 cm³/mol. The molecule has 2 unspecified atom stereocenters. The monoisotopic (exact) mass is 431 g/mol. The van der Waals surface area contributed by atoms with E-state index in [1.165, 1.54) is 5.56 Å². The number of carbonyl (C=O) groups excluding carboxylic acids is 1. The number of hydrogen-bond acceptors (Lipinski definition) is 4. The zero-order valence-electron chi connectivity index (χ0n) is 18.9. The van der Waals surface area contributed by atoms with Crippen LogP contribution in [-0.4, -0.2) is 39.0 Å². The number of rotatable bonds is 11. The predicted octanol–water partition coefficient (Wildman–Crippen LogP) is 5.92. The van der Waals surface area contributed by atoms with Crippen LogP contribution in [0.25, 0.3) is 0 Å². The highest BCUT2D eigenvalue weighted by Gasteiger charge is 2.36. The number of halogens is 1. The third-order valence-electron chi connectivity index (χ3n) is 6.24. The lowest BCUT2D eigenvalue weighted by molar-refractivity contribution is -0.114. The third kappa shape index (κ3) is 5.55. The van der Waals surface area contributed by atoms with Crippen LogP contribution in [0.1, 0.15) is 50.8 Å². The molecule has 0 aromatic heterocycles. The Bertz CT molecular complexity index is 799. The van der Waals surface area contributed by atoms with Gasteiger partial charge in [-0.25, -0.2) is 0 Å². The molecule has 0 N–H and O–H groups in total. The molecule has 0 bridgehead atoms. The van der Waals surface area contributed by atoms with Gasteiger partial charge in [-0.3, -0.25) is 4.90 Å². The van der Waals surface area contributed by atoms with Gasteiger partial charge in [0.05, 0.1) is 19.6 Å². The lowest BCUT2D eigenvalue weighted by atomic mass is 9.69. The summed E-state index contributed by atoms with van der Waals surface area (Å²) in [7, 11) is 5.37. The van der Waals surface area contributed by atoms with E-state index in [-0.39, 0.29) is 12.0 Å². The molecule has 0 fully saturated rings. The van der Waals surface area contributed by atoms with Crippen LogP contribution in [-0.2, 0) is 10.2 Å². The van der Waals surface area contributed by atoms with Gasteiger partial charge in [0.1, 0.15) is 17.8 Å². The number of hydrogen-bond donors (Lipinski definition) is 0. The Labute approximate surface area is 186 Å². The molecular formula is C25H34ClNO3. The highest BCUT2D eigenvalue weighted by Crippen LogP contribution is 2.39. The summed E-state index contributed by atoms with van der Waals surface area (Å²) >= 11 is 6.01. The number of ether oxygens (including phenoxy) is 2. The maximum Gasteiger partial charge on any atom is 0.130 e. The molecule has 0 aliphatic rings. The van der Waals surface area contributed by atoms with E-state index in [9.17, 15) is 4.79 Å². The summed E-state index contributed by atoms with van der Waals surface area (Å²) in [5.74, 6) is 1.54. The number of methoxy groups -OCH3 is 2. The lowest BCUT2D eigenvalue weighted by Crippen LogP contribution is -2.35. The normalized spacial score (nSPS) is 14.4. The summed E-state index contributed by atoms with van der Waals surface area (Å²) in [4.78, 5) is 14.7. The molecule has 0 aliphatic heterocycles. The molecule has 2 aromatic rings. The molecule has 0 aliphatic carbocycles. The van der Waals surface area contributed by atoms with Crippen molar-refractivity contribution in [3.8, 4) is 11.5 Å². The van der Waals surface area contributed by atoms with E-state index in [0.717, 1.165) is 36.3 Å². The van der Waals surface area contributed by atoms with E-state index in [4.69, 9.17) is 21.1 Å². The van der Waals surface area contributed by atoms with Crippen LogP contribution in [0.3, 0.4) is 0 Å². The van der Waals surface area contributed by atoms with E-state index >= 15 is 0 Å². The SMILES string of the molecule is COc1cc(OC)cc(C(C=O)(CCCN(C)C(C)c2ccc(Cl)cc2)C(C)C)c1. The summed E-state index contributed by atoms with van der Waals surface area (Å²) in [6, 6.07) is 14.0. The summed E-state index contributed by atoms with van der Waals surface area (Å²) in [6.07, 6.45) is 2.75. The molecule has 30 heavy (non-hydrogen) atoms. The van der Waals surface area contributed by atoms with Crippen molar-refractivity contribution in [2.45, 2.75) is 45.1 Å². The number of aldehydes is 1. The Balaban J connectivity index is 2.17. The second-order valence-electron chi connectivity index (χ2n) is 8.23. The second kappa shape index (κ2) is 10.8. The maximum absolute atomic E-state index is 12.4. The minimum Gasteiger partial charge on any atom is -0.497 e. The number of nitrogens with zero attached hydrogens (tertiary/aromatic N) is 1. The fourth-order valence-electron chi connectivity index (χ4n) is 3.92. The van der Waals surface area contributed by atoms with Crippen LogP contribution in [0.2, 0.25) is 5.02 Å².